The average Bonchev–Trinajstić information content (AvgIpc) is 3.55. The Morgan fingerprint density at radius 2 is 1.41 bits per heavy atom. The third-order valence-corrected chi connectivity index (χ3v) is 10.7. The predicted octanol–water partition coefficient (Wildman–Crippen LogP) is 3.02. The van der Waals surface area contributed by atoms with Gasteiger partial charge in [0.05, 0.1) is 19.8 Å². The first-order valence-corrected chi connectivity index (χ1v) is 14.9. The van der Waals surface area contributed by atoms with E-state index in [-0.39, 0.29) is 5.97 Å². The highest BCUT2D eigenvalue weighted by atomic mass is 28.4. The second-order valence-corrected chi connectivity index (χ2v) is 14.4. The Morgan fingerprint density at radius 1 is 0.966 bits per heavy atom. The van der Waals surface area contributed by atoms with E-state index in [1.165, 1.54) is 0 Å². The molecule has 8 nitrogen and oxygen atoms in total. The maximum Gasteiger partial charge on any atom is 0.334 e. The lowest BCUT2D eigenvalue weighted by Gasteiger charge is -2.22. The lowest BCUT2D eigenvalue weighted by molar-refractivity contribution is -0.138. The predicted molar refractivity (Wildman–Crippen MR) is 116 cm³/mol. The van der Waals surface area contributed by atoms with Crippen LogP contribution in [0.5, 0.6) is 0 Å². The lowest BCUT2D eigenvalue weighted by atomic mass is 10.4. The molecule has 0 saturated carbocycles. The number of epoxide rings is 1. The van der Waals surface area contributed by atoms with E-state index in [9.17, 15) is 4.79 Å². The second-order valence-electron chi connectivity index (χ2n) is 7.24. The van der Waals surface area contributed by atoms with E-state index in [2.05, 4.69) is 13.1 Å². The van der Waals surface area contributed by atoms with Crippen molar-refractivity contribution in [1.82, 2.24) is 0 Å². The van der Waals surface area contributed by atoms with Crippen LogP contribution in [0.4, 0.5) is 0 Å². The van der Waals surface area contributed by atoms with Gasteiger partial charge in [0.15, 0.2) is 0 Å². The van der Waals surface area contributed by atoms with Crippen LogP contribution in [0.3, 0.4) is 0 Å². The van der Waals surface area contributed by atoms with Crippen LogP contribution >= 0.6 is 0 Å². The van der Waals surface area contributed by atoms with Gasteiger partial charge in [0.1, 0.15) is 6.10 Å². The number of ether oxygens (including phenoxy) is 3. The molecule has 1 unspecified atom stereocenters. The molecule has 0 aromatic carbocycles. The fraction of sp³-hybridized carbons (Fsp3) is 0.842. The minimum absolute atomic E-state index is 0.340. The summed E-state index contributed by atoms with van der Waals surface area (Å²) in [5, 5.41) is 0. The number of esters is 1. The molecular weight excluding hydrogens is 412 g/mol. The van der Waals surface area contributed by atoms with Crippen molar-refractivity contribution in [2.24, 2.45) is 0 Å². The standard InChI is InChI=1S/C10H20O4Si.C9H20O4Si/c1-9(2)10(11)14-7-6-8-15(5,12-3)13-4;1-10-14(3,11-2)6-4-5-12-7-9-8-13-9/h1,6-8H2,2-5H3;9H,4-8H2,1-3H3. The van der Waals surface area contributed by atoms with Gasteiger partial charge in [0.2, 0.25) is 0 Å². The molecule has 0 bridgehead atoms. The number of carbonyl (C=O) groups excluding carboxylic acids is 1. The van der Waals surface area contributed by atoms with Crippen molar-refractivity contribution in [3.05, 3.63) is 12.2 Å². The zero-order chi connectivity index (χ0) is 22.3. The highest BCUT2D eigenvalue weighted by Crippen LogP contribution is 2.15. The topological polar surface area (TPSA) is 85.0 Å². The summed E-state index contributed by atoms with van der Waals surface area (Å²) in [6.07, 6.45) is 2.11. The lowest BCUT2D eigenvalue weighted by Crippen LogP contribution is -2.36. The Hall–Kier alpha value is -0.596. The normalized spacial score (nSPS) is 16.0. The summed E-state index contributed by atoms with van der Waals surface area (Å²) in [6.45, 7) is 11.9. The second kappa shape index (κ2) is 15.2. The molecule has 1 aliphatic heterocycles. The number of hydrogen-bond acceptors (Lipinski definition) is 8. The minimum atomic E-state index is -2.01. The van der Waals surface area contributed by atoms with E-state index in [1.54, 1.807) is 35.4 Å². The van der Waals surface area contributed by atoms with E-state index in [0.29, 0.717) is 18.3 Å². The summed E-state index contributed by atoms with van der Waals surface area (Å²) >= 11 is 0. The Morgan fingerprint density at radius 3 is 1.79 bits per heavy atom. The first-order chi connectivity index (χ1) is 13.6. The molecular formula is C19H40O8Si2. The van der Waals surface area contributed by atoms with E-state index >= 15 is 0 Å². The first kappa shape index (κ1) is 28.4. The average molecular weight is 453 g/mol. The molecule has 1 saturated heterocycles. The van der Waals surface area contributed by atoms with Gasteiger partial charge >= 0.3 is 23.1 Å². The maximum absolute atomic E-state index is 11.0. The summed E-state index contributed by atoms with van der Waals surface area (Å²) in [4.78, 5) is 11.0. The third-order valence-electron chi connectivity index (χ3n) is 4.71. The highest BCUT2D eigenvalue weighted by Gasteiger charge is 2.28. The van der Waals surface area contributed by atoms with E-state index in [1.807, 2.05) is 6.55 Å². The molecule has 10 heteroatoms. The quantitative estimate of drug-likeness (QED) is 0.123. The van der Waals surface area contributed by atoms with Crippen LogP contribution in [-0.2, 0) is 36.7 Å². The largest absolute Gasteiger partial charge is 0.462 e. The highest BCUT2D eigenvalue weighted by molar-refractivity contribution is 6.66. The van der Waals surface area contributed by atoms with Crippen LogP contribution in [0.2, 0.25) is 25.2 Å². The SMILES string of the molecule is C=C(C)C(=O)OCCC[Si](C)(OC)OC.CO[Si](C)(CCCOCC1CO1)OC. The van der Waals surface area contributed by atoms with E-state index in [4.69, 9.17) is 31.9 Å². The van der Waals surface area contributed by atoms with Gasteiger partial charge in [-0.1, -0.05) is 6.58 Å². The summed E-state index contributed by atoms with van der Waals surface area (Å²) in [5.74, 6) is -0.340. The summed E-state index contributed by atoms with van der Waals surface area (Å²) in [5.41, 5.74) is 0.425. The molecule has 1 rings (SSSR count). The van der Waals surface area contributed by atoms with Crippen molar-refractivity contribution in [3.63, 3.8) is 0 Å². The molecule has 0 N–H and O–H groups in total. The third kappa shape index (κ3) is 14.1. The Balaban J connectivity index is 0.000000541. The van der Waals surface area contributed by atoms with Crippen LogP contribution in [0.25, 0.3) is 0 Å². The molecule has 172 valence electrons. The van der Waals surface area contributed by atoms with Crippen LogP contribution in [-0.4, -0.2) is 84.1 Å². The van der Waals surface area contributed by atoms with Crippen molar-refractivity contribution >= 4 is 23.1 Å². The Bertz CT molecular complexity index is 463. The zero-order valence-electron chi connectivity index (χ0n) is 19.2. The maximum atomic E-state index is 11.0. The van der Waals surface area contributed by atoms with Gasteiger partial charge in [-0.2, -0.15) is 0 Å². The van der Waals surface area contributed by atoms with Crippen LogP contribution in [0.1, 0.15) is 19.8 Å². The molecule has 0 radical (unpaired) electrons. The Labute approximate surface area is 178 Å². The summed E-state index contributed by atoms with van der Waals surface area (Å²) in [7, 11) is 2.85. The van der Waals surface area contributed by atoms with Crippen molar-refractivity contribution < 1.29 is 36.7 Å². The molecule has 0 aromatic heterocycles. The molecule has 0 aliphatic carbocycles. The van der Waals surface area contributed by atoms with Crippen molar-refractivity contribution in [1.29, 1.82) is 0 Å². The molecule has 0 spiro atoms. The fourth-order valence-corrected chi connectivity index (χ4v) is 4.85. The van der Waals surface area contributed by atoms with Gasteiger partial charge < -0.3 is 31.9 Å². The molecule has 1 aliphatic rings. The zero-order valence-corrected chi connectivity index (χ0v) is 21.2. The van der Waals surface area contributed by atoms with Crippen molar-refractivity contribution in [2.75, 3.05) is 54.9 Å². The van der Waals surface area contributed by atoms with E-state index < -0.39 is 17.1 Å². The summed E-state index contributed by atoms with van der Waals surface area (Å²) < 4.78 is 36.7. The van der Waals surface area contributed by atoms with Gasteiger partial charge in [-0.3, -0.25) is 0 Å². The molecule has 0 aromatic rings. The number of hydrogen-bond donors (Lipinski definition) is 0. The van der Waals surface area contributed by atoms with Crippen LogP contribution < -0.4 is 0 Å². The van der Waals surface area contributed by atoms with Gasteiger partial charge in [0, 0.05) is 40.6 Å². The first-order valence-electron chi connectivity index (χ1n) is 9.88. The van der Waals surface area contributed by atoms with Crippen LogP contribution in [0.15, 0.2) is 12.2 Å². The molecule has 1 atom stereocenters. The van der Waals surface area contributed by atoms with E-state index in [0.717, 1.165) is 44.8 Å². The molecule has 0 amide bonds. The van der Waals surface area contributed by atoms with Crippen molar-refractivity contribution in [2.45, 2.75) is 51.1 Å². The van der Waals surface area contributed by atoms with Crippen molar-refractivity contribution in [3.8, 4) is 0 Å². The van der Waals surface area contributed by atoms with Gasteiger partial charge in [-0.05, 0) is 44.9 Å². The summed E-state index contributed by atoms with van der Waals surface area (Å²) in [6, 6.07) is 1.79. The Kier molecular flexibility index (Phi) is 14.9. The van der Waals surface area contributed by atoms with Gasteiger partial charge in [-0.25, -0.2) is 4.79 Å². The minimum Gasteiger partial charge on any atom is -0.462 e. The smallest absolute Gasteiger partial charge is 0.334 e. The number of carbonyl (C=O) groups is 1. The molecule has 1 heterocycles. The molecule has 29 heavy (non-hydrogen) atoms. The number of rotatable bonds is 15. The fourth-order valence-electron chi connectivity index (χ4n) is 2.13. The van der Waals surface area contributed by atoms with Gasteiger partial charge in [0.25, 0.3) is 0 Å². The van der Waals surface area contributed by atoms with Crippen LogP contribution in [0, 0.1) is 0 Å². The van der Waals surface area contributed by atoms with Gasteiger partial charge in [-0.15, -0.1) is 0 Å². The molecule has 1 fully saturated rings. The monoisotopic (exact) mass is 452 g/mol.